The number of hydrogen-bond acceptors (Lipinski definition) is 1. The maximum Gasteiger partial charge on any atom is 0.0675 e. The molecule has 4 aliphatic carbocycles. The van der Waals surface area contributed by atoms with E-state index in [1.54, 1.807) is 0 Å². The van der Waals surface area contributed by atoms with Crippen LogP contribution in [-0.2, 0) is 0 Å². The van der Waals surface area contributed by atoms with Crippen molar-refractivity contribution in [1.29, 1.82) is 0 Å². The van der Waals surface area contributed by atoms with Gasteiger partial charge in [0.05, 0.1) is 5.60 Å². The largest absolute Gasteiger partial charge is 0.390 e. The van der Waals surface area contributed by atoms with Crippen LogP contribution in [0.25, 0.3) is 0 Å². The van der Waals surface area contributed by atoms with Crippen molar-refractivity contribution in [3.8, 4) is 0 Å². The van der Waals surface area contributed by atoms with E-state index in [0.29, 0.717) is 0 Å². The second-order valence-electron chi connectivity index (χ2n) is 8.56. The minimum absolute atomic E-state index is 0.198. The molecule has 4 rings (SSSR count). The molecule has 3 saturated carbocycles. The summed E-state index contributed by atoms with van der Waals surface area (Å²) in [5, 5.41) is 10.9. The topological polar surface area (TPSA) is 20.2 Å². The third kappa shape index (κ3) is 1.65. The summed E-state index contributed by atoms with van der Waals surface area (Å²) in [5.74, 6) is 3.56. The molecule has 1 N–H and O–H groups in total. The molecule has 112 valence electrons. The molecule has 0 bridgehead atoms. The summed E-state index contributed by atoms with van der Waals surface area (Å²) in [6.45, 7) is 4.51. The molecule has 0 aromatic rings. The van der Waals surface area contributed by atoms with Crippen LogP contribution in [0.3, 0.4) is 0 Å². The molecule has 0 heterocycles. The van der Waals surface area contributed by atoms with Gasteiger partial charge in [-0.05, 0) is 93.8 Å². The Kier molecular flexibility index (Phi) is 2.91. The lowest BCUT2D eigenvalue weighted by molar-refractivity contribution is -0.107. The summed E-state index contributed by atoms with van der Waals surface area (Å²) in [6.07, 6.45) is 14.5. The number of hydrogen-bond donors (Lipinski definition) is 1. The first-order chi connectivity index (χ1) is 9.53. The van der Waals surface area contributed by atoms with Crippen molar-refractivity contribution in [2.24, 2.45) is 29.1 Å². The molecule has 1 nitrogen and oxygen atoms in total. The van der Waals surface area contributed by atoms with E-state index in [9.17, 15) is 5.11 Å². The molecule has 4 aliphatic rings. The van der Waals surface area contributed by atoms with Crippen LogP contribution in [0.1, 0.15) is 71.6 Å². The van der Waals surface area contributed by atoms with Gasteiger partial charge < -0.3 is 5.11 Å². The summed E-state index contributed by atoms with van der Waals surface area (Å²) >= 11 is 0. The quantitative estimate of drug-likeness (QED) is 0.635. The van der Waals surface area contributed by atoms with Crippen molar-refractivity contribution in [2.45, 2.75) is 77.2 Å². The van der Waals surface area contributed by atoms with Gasteiger partial charge in [-0.1, -0.05) is 18.6 Å². The second-order valence-corrected chi connectivity index (χ2v) is 8.56. The molecule has 0 aliphatic heterocycles. The molecule has 6 atom stereocenters. The fourth-order valence-electron chi connectivity index (χ4n) is 6.55. The average molecular weight is 274 g/mol. The number of rotatable bonds is 0. The van der Waals surface area contributed by atoms with Crippen molar-refractivity contribution < 1.29 is 5.11 Å². The molecule has 20 heavy (non-hydrogen) atoms. The second kappa shape index (κ2) is 4.35. The van der Waals surface area contributed by atoms with Crippen LogP contribution in [0.2, 0.25) is 0 Å². The van der Waals surface area contributed by atoms with E-state index in [1.165, 1.54) is 51.4 Å². The van der Waals surface area contributed by atoms with E-state index in [4.69, 9.17) is 0 Å². The van der Waals surface area contributed by atoms with Gasteiger partial charge in [0, 0.05) is 0 Å². The standard InChI is InChI=1S/C19H30O/c1-18-11-9-15-14-6-4-3-5-13(14)7-8-16(15)17(18)10-12-19(18,2)20/h5,14-17,20H,3-4,6-12H2,1-2H3/t14-,15+,16+,17+,18-,19-/m0/s1. The predicted octanol–water partition coefficient (Wildman–Crippen LogP) is 4.70. The lowest BCUT2D eigenvalue weighted by Crippen LogP contribution is -2.51. The van der Waals surface area contributed by atoms with Gasteiger partial charge in [-0.2, -0.15) is 0 Å². The highest BCUT2D eigenvalue weighted by molar-refractivity contribution is 5.19. The first-order valence-electron chi connectivity index (χ1n) is 8.94. The van der Waals surface area contributed by atoms with Crippen molar-refractivity contribution in [1.82, 2.24) is 0 Å². The fraction of sp³-hybridized carbons (Fsp3) is 0.895. The Morgan fingerprint density at radius 1 is 1.05 bits per heavy atom. The zero-order valence-corrected chi connectivity index (χ0v) is 13.2. The number of aliphatic hydroxyl groups is 1. The molecule has 1 heteroatoms. The van der Waals surface area contributed by atoms with Gasteiger partial charge in [0.1, 0.15) is 0 Å². The molecule has 0 aromatic heterocycles. The highest BCUT2D eigenvalue weighted by Crippen LogP contribution is 2.64. The summed E-state index contributed by atoms with van der Waals surface area (Å²) in [4.78, 5) is 0. The van der Waals surface area contributed by atoms with Gasteiger partial charge in [-0.3, -0.25) is 0 Å². The Balaban J connectivity index is 1.65. The van der Waals surface area contributed by atoms with Crippen molar-refractivity contribution in [3.05, 3.63) is 11.6 Å². The van der Waals surface area contributed by atoms with E-state index in [-0.39, 0.29) is 5.41 Å². The Hall–Kier alpha value is -0.300. The van der Waals surface area contributed by atoms with Crippen molar-refractivity contribution in [3.63, 3.8) is 0 Å². The van der Waals surface area contributed by atoms with E-state index >= 15 is 0 Å². The van der Waals surface area contributed by atoms with Gasteiger partial charge in [0.2, 0.25) is 0 Å². The minimum Gasteiger partial charge on any atom is -0.390 e. The van der Waals surface area contributed by atoms with Crippen LogP contribution >= 0.6 is 0 Å². The van der Waals surface area contributed by atoms with Crippen LogP contribution in [0.4, 0.5) is 0 Å². The van der Waals surface area contributed by atoms with Gasteiger partial charge >= 0.3 is 0 Å². The number of allylic oxidation sites excluding steroid dienone is 2. The lowest BCUT2D eigenvalue weighted by atomic mass is 9.51. The van der Waals surface area contributed by atoms with E-state index in [0.717, 1.165) is 30.1 Å². The number of fused-ring (bicyclic) bond motifs is 5. The van der Waals surface area contributed by atoms with E-state index in [1.807, 2.05) is 5.57 Å². The Morgan fingerprint density at radius 3 is 2.75 bits per heavy atom. The molecule has 0 spiro atoms. The van der Waals surface area contributed by atoms with Crippen LogP contribution in [0.15, 0.2) is 11.6 Å². The minimum atomic E-state index is -0.411. The fourth-order valence-corrected chi connectivity index (χ4v) is 6.55. The Morgan fingerprint density at radius 2 is 1.90 bits per heavy atom. The van der Waals surface area contributed by atoms with E-state index < -0.39 is 5.60 Å². The third-order valence-electron chi connectivity index (χ3n) is 7.94. The van der Waals surface area contributed by atoms with Crippen LogP contribution in [-0.4, -0.2) is 10.7 Å². The third-order valence-corrected chi connectivity index (χ3v) is 7.94. The summed E-state index contributed by atoms with van der Waals surface area (Å²) in [7, 11) is 0. The summed E-state index contributed by atoms with van der Waals surface area (Å²) < 4.78 is 0. The first-order valence-corrected chi connectivity index (χ1v) is 8.94. The zero-order chi connectivity index (χ0) is 14.0. The molecule has 0 saturated heterocycles. The highest BCUT2D eigenvalue weighted by Gasteiger charge is 2.60. The molecular weight excluding hydrogens is 244 g/mol. The monoisotopic (exact) mass is 274 g/mol. The summed E-state index contributed by atoms with van der Waals surface area (Å²) in [5.41, 5.74) is 1.60. The van der Waals surface area contributed by atoms with Crippen LogP contribution in [0, 0.1) is 29.1 Å². The average Bonchev–Trinajstić information content (AvgIpc) is 2.69. The molecular formula is C19H30O. The van der Waals surface area contributed by atoms with Gasteiger partial charge in [-0.25, -0.2) is 0 Å². The smallest absolute Gasteiger partial charge is 0.0675 e. The Labute approximate surface area is 123 Å². The van der Waals surface area contributed by atoms with Gasteiger partial charge in [0.25, 0.3) is 0 Å². The maximum absolute atomic E-state index is 10.9. The molecule has 0 radical (unpaired) electrons. The Bertz CT molecular complexity index is 435. The van der Waals surface area contributed by atoms with E-state index in [2.05, 4.69) is 19.9 Å². The normalized spacial score (nSPS) is 54.6. The van der Waals surface area contributed by atoms with Crippen molar-refractivity contribution in [2.75, 3.05) is 0 Å². The predicted molar refractivity (Wildman–Crippen MR) is 82.3 cm³/mol. The summed E-state index contributed by atoms with van der Waals surface area (Å²) in [6, 6.07) is 0. The molecule has 3 fully saturated rings. The van der Waals surface area contributed by atoms with Crippen LogP contribution < -0.4 is 0 Å². The SMILES string of the molecule is C[C@]1(O)CC[C@@H]2[C@@H]3CCC4=CCCC[C@@H]4[C@H]3CC[C@@]21C. The van der Waals surface area contributed by atoms with Crippen LogP contribution in [0.5, 0.6) is 0 Å². The lowest BCUT2D eigenvalue weighted by Gasteiger charge is -2.55. The highest BCUT2D eigenvalue weighted by atomic mass is 16.3. The maximum atomic E-state index is 10.9. The molecule has 0 amide bonds. The molecule has 0 unspecified atom stereocenters. The van der Waals surface area contributed by atoms with Crippen molar-refractivity contribution >= 4 is 0 Å². The molecule has 0 aromatic carbocycles. The van der Waals surface area contributed by atoms with Gasteiger partial charge in [-0.15, -0.1) is 0 Å². The first kappa shape index (κ1) is 13.4. The van der Waals surface area contributed by atoms with Gasteiger partial charge in [0.15, 0.2) is 0 Å². The zero-order valence-electron chi connectivity index (χ0n) is 13.2.